The minimum absolute atomic E-state index is 0. The maximum absolute atomic E-state index is 12.9. The lowest BCUT2D eigenvalue weighted by Crippen LogP contribution is -2.37. The monoisotopic (exact) mass is 479 g/mol. The van der Waals surface area contributed by atoms with Gasteiger partial charge in [0.25, 0.3) is 0 Å². The van der Waals surface area contributed by atoms with Crippen LogP contribution in [0, 0.1) is 5.82 Å². The molecule has 0 bridgehead atoms. The van der Waals surface area contributed by atoms with Gasteiger partial charge in [-0.1, -0.05) is 24.3 Å². The number of hydrogen-bond donors (Lipinski definition) is 2. The summed E-state index contributed by atoms with van der Waals surface area (Å²) in [4.78, 5) is 4.23. The number of nitrogens with zero attached hydrogens (tertiary/aromatic N) is 3. The van der Waals surface area contributed by atoms with E-state index in [-0.39, 0.29) is 29.8 Å². The van der Waals surface area contributed by atoms with Crippen LogP contribution >= 0.6 is 24.0 Å². The molecule has 0 aliphatic rings. The van der Waals surface area contributed by atoms with Gasteiger partial charge in [0.15, 0.2) is 5.96 Å². The molecule has 0 unspecified atom stereocenters. The van der Waals surface area contributed by atoms with Gasteiger partial charge >= 0.3 is 0 Å². The molecule has 0 spiro atoms. The molecular weight excluding hydrogens is 456 g/mol. The van der Waals surface area contributed by atoms with Gasteiger partial charge in [0, 0.05) is 32.5 Å². The smallest absolute Gasteiger partial charge is 0.191 e. The number of aromatic nitrogens is 2. The number of benzene rings is 2. The fourth-order valence-electron chi connectivity index (χ4n) is 2.57. The second-order valence-corrected chi connectivity index (χ2v) is 5.85. The average molecular weight is 479 g/mol. The molecule has 0 saturated carbocycles. The van der Waals surface area contributed by atoms with Crippen molar-refractivity contribution in [2.45, 2.75) is 13.0 Å². The molecule has 0 atom stereocenters. The molecule has 142 valence electrons. The van der Waals surface area contributed by atoms with E-state index in [2.05, 4.69) is 32.9 Å². The number of rotatable bonds is 6. The highest BCUT2D eigenvalue weighted by Gasteiger charge is 2.01. The standard InChI is InChI=1S/C20H22FN5.HI/c1-22-20(23-13-11-16-3-7-18(21)8-4-16)24-15-17-5-9-19(10-6-17)26-14-2-12-25-26;/h2-10,12,14H,11,13,15H2,1H3,(H2,22,23,24);1H. The summed E-state index contributed by atoms with van der Waals surface area (Å²) >= 11 is 0. The third-order valence-electron chi connectivity index (χ3n) is 4.01. The summed E-state index contributed by atoms with van der Waals surface area (Å²) in [6, 6.07) is 16.7. The van der Waals surface area contributed by atoms with Crippen LogP contribution in [-0.2, 0) is 13.0 Å². The molecular formula is C20H23FIN5. The Kier molecular flexibility index (Phi) is 8.25. The Labute approximate surface area is 175 Å². The van der Waals surface area contributed by atoms with Crippen LogP contribution in [0.4, 0.5) is 4.39 Å². The van der Waals surface area contributed by atoms with Gasteiger partial charge < -0.3 is 10.6 Å². The molecule has 1 aromatic heterocycles. The Balaban J connectivity index is 0.00000261. The van der Waals surface area contributed by atoms with Gasteiger partial charge in [0.2, 0.25) is 0 Å². The van der Waals surface area contributed by atoms with Crippen LogP contribution < -0.4 is 10.6 Å². The fourth-order valence-corrected chi connectivity index (χ4v) is 2.57. The number of guanidine groups is 1. The molecule has 0 radical (unpaired) electrons. The number of hydrogen-bond acceptors (Lipinski definition) is 2. The van der Waals surface area contributed by atoms with Gasteiger partial charge in [-0.25, -0.2) is 9.07 Å². The van der Waals surface area contributed by atoms with Crippen molar-refractivity contribution in [2.75, 3.05) is 13.6 Å². The topological polar surface area (TPSA) is 54.2 Å². The lowest BCUT2D eigenvalue weighted by atomic mass is 10.1. The zero-order valence-electron chi connectivity index (χ0n) is 15.1. The summed E-state index contributed by atoms with van der Waals surface area (Å²) in [5.41, 5.74) is 3.27. The van der Waals surface area contributed by atoms with Crippen molar-refractivity contribution >= 4 is 29.9 Å². The highest BCUT2D eigenvalue weighted by Crippen LogP contribution is 2.08. The van der Waals surface area contributed by atoms with Gasteiger partial charge in [-0.15, -0.1) is 24.0 Å². The van der Waals surface area contributed by atoms with Gasteiger partial charge in [-0.3, -0.25) is 4.99 Å². The van der Waals surface area contributed by atoms with Crippen molar-refractivity contribution in [3.05, 3.63) is 83.9 Å². The summed E-state index contributed by atoms with van der Waals surface area (Å²) < 4.78 is 14.7. The maximum Gasteiger partial charge on any atom is 0.191 e. The Morgan fingerprint density at radius 2 is 1.74 bits per heavy atom. The van der Waals surface area contributed by atoms with E-state index in [4.69, 9.17) is 0 Å². The first kappa shape index (κ1) is 20.9. The molecule has 5 nitrogen and oxygen atoms in total. The Morgan fingerprint density at radius 3 is 2.37 bits per heavy atom. The summed E-state index contributed by atoms with van der Waals surface area (Å²) in [7, 11) is 1.74. The minimum atomic E-state index is -0.210. The van der Waals surface area contributed by atoms with Crippen molar-refractivity contribution in [2.24, 2.45) is 4.99 Å². The maximum atomic E-state index is 12.9. The third-order valence-corrected chi connectivity index (χ3v) is 4.01. The molecule has 3 rings (SSSR count). The quantitative estimate of drug-likeness (QED) is 0.323. The first-order valence-electron chi connectivity index (χ1n) is 8.52. The highest BCUT2D eigenvalue weighted by atomic mass is 127. The van der Waals surface area contributed by atoms with Crippen LogP contribution in [0.2, 0.25) is 0 Å². The largest absolute Gasteiger partial charge is 0.356 e. The lowest BCUT2D eigenvalue weighted by molar-refractivity contribution is 0.626. The predicted molar refractivity (Wildman–Crippen MR) is 117 cm³/mol. The second kappa shape index (κ2) is 10.7. The zero-order chi connectivity index (χ0) is 18.2. The second-order valence-electron chi connectivity index (χ2n) is 5.85. The Bertz CT molecular complexity index is 830. The predicted octanol–water partition coefficient (Wildman–Crippen LogP) is 3.54. The van der Waals surface area contributed by atoms with Crippen molar-refractivity contribution in [3.8, 4) is 5.69 Å². The van der Waals surface area contributed by atoms with E-state index in [1.807, 2.05) is 29.1 Å². The van der Waals surface area contributed by atoms with Gasteiger partial charge in [0.1, 0.15) is 5.82 Å². The summed E-state index contributed by atoms with van der Waals surface area (Å²) in [5, 5.41) is 10.8. The van der Waals surface area contributed by atoms with E-state index in [9.17, 15) is 4.39 Å². The van der Waals surface area contributed by atoms with E-state index in [1.54, 1.807) is 25.4 Å². The van der Waals surface area contributed by atoms with Crippen LogP contribution in [0.5, 0.6) is 0 Å². The first-order valence-corrected chi connectivity index (χ1v) is 8.52. The number of halogens is 2. The summed E-state index contributed by atoms with van der Waals surface area (Å²) in [6.45, 7) is 1.40. The average Bonchev–Trinajstić information content (AvgIpc) is 3.21. The molecule has 27 heavy (non-hydrogen) atoms. The number of aliphatic imine (C=N–C) groups is 1. The molecule has 0 amide bonds. The SMILES string of the molecule is CN=C(NCCc1ccc(F)cc1)NCc1ccc(-n2cccn2)cc1.I. The molecule has 3 aromatic rings. The molecule has 2 aromatic carbocycles. The Hall–Kier alpha value is -2.42. The number of nitrogens with one attached hydrogen (secondary N) is 2. The van der Waals surface area contributed by atoms with E-state index in [1.165, 1.54) is 12.1 Å². The Morgan fingerprint density at radius 1 is 1.04 bits per heavy atom. The van der Waals surface area contributed by atoms with Crippen LogP contribution in [0.3, 0.4) is 0 Å². The first-order chi connectivity index (χ1) is 12.7. The van der Waals surface area contributed by atoms with Gasteiger partial charge in [-0.2, -0.15) is 5.10 Å². The highest BCUT2D eigenvalue weighted by molar-refractivity contribution is 14.0. The zero-order valence-corrected chi connectivity index (χ0v) is 17.4. The molecule has 0 fully saturated rings. The van der Waals surface area contributed by atoms with Gasteiger partial charge in [-0.05, 0) is 47.9 Å². The van der Waals surface area contributed by atoms with Crippen molar-refractivity contribution in [1.82, 2.24) is 20.4 Å². The van der Waals surface area contributed by atoms with E-state index in [0.717, 1.165) is 35.7 Å². The van der Waals surface area contributed by atoms with Crippen molar-refractivity contribution in [1.29, 1.82) is 0 Å². The molecule has 7 heteroatoms. The fraction of sp³-hybridized carbons (Fsp3) is 0.200. The van der Waals surface area contributed by atoms with Crippen LogP contribution in [0.25, 0.3) is 5.69 Å². The molecule has 0 saturated heterocycles. The van der Waals surface area contributed by atoms with E-state index < -0.39 is 0 Å². The minimum Gasteiger partial charge on any atom is -0.356 e. The molecule has 0 aliphatic heterocycles. The normalized spacial score (nSPS) is 11.0. The third kappa shape index (κ3) is 6.35. The molecule has 1 heterocycles. The van der Waals surface area contributed by atoms with Crippen LogP contribution in [-0.4, -0.2) is 29.3 Å². The van der Waals surface area contributed by atoms with Crippen molar-refractivity contribution < 1.29 is 4.39 Å². The van der Waals surface area contributed by atoms with Crippen LogP contribution in [0.15, 0.2) is 72.0 Å². The van der Waals surface area contributed by atoms with Crippen LogP contribution in [0.1, 0.15) is 11.1 Å². The molecule has 2 N–H and O–H groups in total. The van der Waals surface area contributed by atoms with Gasteiger partial charge in [0.05, 0.1) is 5.69 Å². The summed E-state index contributed by atoms with van der Waals surface area (Å²) in [6.07, 6.45) is 4.48. The van der Waals surface area contributed by atoms with Crippen molar-refractivity contribution in [3.63, 3.8) is 0 Å². The lowest BCUT2D eigenvalue weighted by Gasteiger charge is -2.12. The van der Waals surface area contributed by atoms with E-state index >= 15 is 0 Å². The van der Waals surface area contributed by atoms with E-state index in [0.29, 0.717) is 6.54 Å². The summed E-state index contributed by atoms with van der Waals surface area (Å²) in [5.74, 6) is 0.529. The molecule has 0 aliphatic carbocycles.